The van der Waals surface area contributed by atoms with E-state index in [0.29, 0.717) is 26.1 Å². The lowest BCUT2D eigenvalue weighted by atomic mass is 10.1. The zero-order valence-electron chi connectivity index (χ0n) is 23.9. The summed E-state index contributed by atoms with van der Waals surface area (Å²) >= 11 is 1.32. The molecule has 30 heavy (non-hydrogen) atoms. The van der Waals surface area contributed by atoms with E-state index in [1.165, 1.54) is 17.8 Å². The maximum atomic E-state index is 13.4. The minimum Gasteiger partial charge on any atom is -0.340 e. The van der Waals surface area contributed by atoms with Gasteiger partial charge >= 0.3 is 6.18 Å². The third-order valence-electron chi connectivity index (χ3n) is 4.42. The lowest BCUT2D eigenvalue weighted by molar-refractivity contribution is -0.137. The Morgan fingerprint density at radius 2 is 1.60 bits per heavy atom. The molecule has 0 amide bonds. The topological polar surface area (TPSA) is 9.72 Å². The van der Waals surface area contributed by atoms with Crippen LogP contribution >= 0.6 is 36.6 Å². The molecule has 0 bridgehead atoms. The molecule has 1 fully saturated rings. The van der Waals surface area contributed by atoms with Gasteiger partial charge in [0, 0.05) is 53.3 Å². The Morgan fingerprint density at radius 1 is 0.933 bits per heavy atom. The van der Waals surface area contributed by atoms with Crippen LogP contribution in [-0.2, 0) is 6.18 Å². The van der Waals surface area contributed by atoms with E-state index in [9.17, 15) is 13.2 Å². The van der Waals surface area contributed by atoms with E-state index in [1.54, 1.807) is 23.1 Å². The quantitative estimate of drug-likeness (QED) is 0.539. The first-order valence-electron chi connectivity index (χ1n) is 12.7. The fourth-order valence-electron chi connectivity index (χ4n) is 3.07. The summed E-state index contributed by atoms with van der Waals surface area (Å²) in [5.41, 5.74) is 0.132. The Labute approximate surface area is 203 Å². The van der Waals surface area contributed by atoms with Crippen molar-refractivity contribution in [3.8, 4) is 0 Å². The number of hydrogen-bond acceptors (Lipinski definition) is 4. The number of halogens is 5. The number of alkyl halides is 3. The molecule has 2 aliphatic rings. The summed E-state index contributed by atoms with van der Waals surface area (Å²) in [6.45, 7) is -11.8. The molecule has 166 valence electrons. The van der Waals surface area contributed by atoms with E-state index in [4.69, 9.17) is 11.0 Å². The van der Waals surface area contributed by atoms with Crippen molar-refractivity contribution >= 4 is 48.0 Å². The third-order valence-corrected chi connectivity index (χ3v) is 5.55. The van der Waals surface area contributed by atoms with Crippen molar-refractivity contribution in [2.45, 2.75) is 22.4 Å². The molecule has 0 aliphatic carbocycles. The normalized spacial score (nSPS) is 27.5. The molecular formula is C21H26Cl2F3N3S. The largest absolute Gasteiger partial charge is 0.416 e. The Kier molecular flexibility index (Phi) is 5.46. The fraction of sp³-hybridized carbons (Fsp3) is 0.429. The molecular weight excluding hydrogens is 454 g/mol. The van der Waals surface area contributed by atoms with E-state index >= 15 is 0 Å². The lowest BCUT2D eigenvalue weighted by Gasteiger charge is -2.35. The summed E-state index contributed by atoms with van der Waals surface area (Å²) < 4.78 is 106. The molecule has 2 aliphatic heterocycles. The van der Waals surface area contributed by atoms with Gasteiger partial charge in [-0.3, -0.25) is 0 Å². The average Bonchev–Trinajstić information content (AvgIpc) is 2.78. The Hall–Kier alpha value is -1.12. The van der Waals surface area contributed by atoms with Crippen molar-refractivity contribution in [3.63, 3.8) is 0 Å². The van der Waals surface area contributed by atoms with Crippen molar-refractivity contribution in [2.75, 3.05) is 51.0 Å². The van der Waals surface area contributed by atoms with Crippen LogP contribution in [0, 0.1) is 0 Å². The maximum Gasteiger partial charge on any atom is 0.416 e. The molecule has 9 heteroatoms. The van der Waals surface area contributed by atoms with Gasteiger partial charge < -0.3 is 14.7 Å². The maximum absolute atomic E-state index is 13.4. The van der Waals surface area contributed by atoms with Gasteiger partial charge in [0.25, 0.3) is 0 Å². The summed E-state index contributed by atoms with van der Waals surface area (Å²) in [5.74, 6) is 0. The molecule has 3 nitrogen and oxygen atoms in total. The van der Waals surface area contributed by atoms with Gasteiger partial charge in [-0.15, -0.1) is 24.8 Å². The molecule has 0 atom stereocenters. The number of piperazine rings is 1. The molecule has 1 saturated heterocycles. The second-order valence-electron chi connectivity index (χ2n) is 6.41. The van der Waals surface area contributed by atoms with E-state index in [0.717, 1.165) is 24.1 Å². The Morgan fingerprint density at radius 3 is 2.30 bits per heavy atom. The first-order chi connectivity index (χ1) is 16.4. The van der Waals surface area contributed by atoms with E-state index in [1.807, 2.05) is 6.07 Å². The van der Waals surface area contributed by atoms with Gasteiger partial charge in [0.2, 0.25) is 0 Å². The molecule has 0 spiro atoms. The van der Waals surface area contributed by atoms with Gasteiger partial charge in [0.1, 0.15) is 0 Å². The van der Waals surface area contributed by atoms with E-state index in [2.05, 4.69) is 0 Å². The molecule has 2 aromatic carbocycles. The highest BCUT2D eigenvalue weighted by Crippen LogP contribution is 2.49. The fourth-order valence-corrected chi connectivity index (χ4v) is 4.15. The summed E-state index contributed by atoms with van der Waals surface area (Å²) in [6, 6.07) is 10.6. The standard InChI is InChI=1S/C21H24F3N3S.2ClH/c1-25-11-13-26(14-12-25)9-4-10-27-17-5-2-3-6-19(17)28-20-8-7-16(15-18(20)27)21(22,23)24;;/h2-3,5-8,15H,4,9-14H2,1H3;2*1H/i11D2,12D2,13D2,14D2;;. The summed E-state index contributed by atoms with van der Waals surface area (Å²) in [7, 11) is 0.991. The van der Waals surface area contributed by atoms with Crippen LogP contribution in [0.2, 0.25) is 0 Å². The molecule has 0 radical (unpaired) electrons. The second-order valence-corrected chi connectivity index (χ2v) is 7.50. The van der Waals surface area contributed by atoms with Crippen LogP contribution in [0.25, 0.3) is 0 Å². The zero-order valence-corrected chi connectivity index (χ0v) is 18.3. The van der Waals surface area contributed by atoms with Crippen LogP contribution in [0.5, 0.6) is 0 Å². The Bertz CT molecular complexity index is 1140. The predicted octanol–water partition coefficient (Wildman–Crippen LogP) is 5.79. The molecule has 0 unspecified atom stereocenters. The first-order valence-corrected chi connectivity index (χ1v) is 9.53. The SMILES string of the molecule is Cl.Cl.[2H]C1([2H])N(C)C([2H])([2H])C([2H])([2H])N(CCCN2c3ccccc3Sc3ccc(C(F)(F)F)cc32)C1([2H])[2H]. The third kappa shape index (κ3) is 5.56. The monoisotopic (exact) mass is 487 g/mol. The number of fused-ring (bicyclic) bond motifs is 2. The molecule has 0 aromatic heterocycles. The first kappa shape index (κ1) is 15.6. The van der Waals surface area contributed by atoms with Gasteiger partial charge in [0.05, 0.1) is 16.9 Å². The van der Waals surface area contributed by atoms with Crippen molar-refractivity contribution in [2.24, 2.45) is 0 Å². The van der Waals surface area contributed by atoms with Crippen LogP contribution < -0.4 is 4.90 Å². The van der Waals surface area contributed by atoms with Crippen LogP contribution in [0.3, 0.4) is 0 Å². The zero-order chi connectivity index (χ0) is 26.9. The lowest BCUT2D eigenvalue weighted by Crippen LogP contribution is -2.45. The molecule has 4 rings (SSSR count). The number of rotatable bonds is 4. The van der Waals surface area contributed by atoms with Gasteiger partial charge in [-0.2, -0.15) is 13.2 Å². The number of benzene rings is 2. The average molecular weight is 488 g/mol. The van der Waals surface area contributed by atoms with Gasteiger partial charge in [0.15, 0.2) is 0 Å². The predicted molar refractivity (Wildman–Crippen MR) is 122 cm³/mol. The van der Waals surface area contributed by atoms with Crippen LogP contribution in [-0.4, -0.2) is 55.9 Å². The smallest absolute Gasteiger partial charge is 0.340 e. The van der Waals surface area contributed by atoms with Gasteiger partial charge in [-0.1, -0.05) is 23.9 Å². The number of para-hydroxylation sites is 1. The summed E-state index contributed by atoms with van der Waals surface area (Å²) in [6.07, 6.45) is -4.53. The molecule has 2 aromatic rings. The van der Waals surface area contributed by atoms with Crippen LogP contribution in [0.4, 0.5) is 24.5 Å². The van der Waals surface area contributed by atoms with Gasteiger partial charge in [-0.25, -0.2) is 0 Å². The summed E-state index contributed by atoms with van der Waals surface area (Å²) in [5, 5.41) is 0. The highest BCUT2D eigenvalue weighted by atomic mass is 35.5. The van der Waals surface area contributed by atoms with Crippen molar-refractivity contribution in [1.29, 1.82) is 0 Å². The molecule has 0 N–H and O–H groups in total. The Balaban J connectivity index is 0.00000253. The van der Waals surface area contributed by atoms with Gasteiger partial charge in [-0.05, 0) is 50.3 Å². The number of nitrogens with zero attached hydrogens (tertiary/aromatic N) is 3. The van der Waals surface area contributed by atoms with Crippen LogP contribution in [0.1, 0.15) is 23.0 Å². The number of anilines is 2. The van der Waals surface area contributed by atoms with E-state index < -0.39 is 37.7 Å². The van der Waals surface area contributed by atoms with Crippen molar-refractivity contribution < 1.29 is 24.1 Å². The highest BCUT2D eigenvalue weighted by Gasteiger charge is 2.33. The van der Waals surface area contributed by atoms with Crippen molar-refractivity contribution in [1.82, 2.24) is 9.80 Å². The summed E-state index contributed by atoms with van der Waals surface area (Å²) in [4.78, 5) is 4.02. The number of hydrogen-bond donors (Lipinski definition) is 0. The molecule has 2 heterocycles. The van der Waals surface area contributed by atoms with Crippen molar-refractivity contribution in [3.05, 3.63) is 48.0 Å². The minimum absolute atomic E-state index is 0. The second kappa shape index (κ2) is 10.5. The van der Waals surface area contributed by atoms with E-state index in [-0.39, 0.29) is 44.3 Å². The molecule has 0 saturated carbocycles. The number of likely N-dealkylation sites (N-methyl/N-ethyl adjacent to an activating group) is 1. The highest BCUT2D eigenvalue weighted by molar-refractivity contribution is 7.99. The minimum atomic E-state index is -4.55. The van der Waals surface area contributed by atoms with Crippen LogP contribution in [0.15, 0.2) is 52.3 Å².